The molecular weight excluding hydrogens is 471 g/mol. The van der Waals surface area contributed by atoms with E-state index in [-0.39, 0.29) is 29.2 Å². The van der Waals surface area contributed by atoms with Crippen molar-refractivity contribution in [3.8, 4) is 6.07 Å². The summed E-state index contributed by atoms with van der Waals surface area (Å²) in [6.07, 6.45) is 1.91. The fourth-order valence-electron chi connectivity index (χ4n) is 4.32. The number of nitrogens with one attached hydrogen (secondary N) is 1. The molecule has 1 spiro atoms. The fraction of sp³-hybridized carbons (Fsp3) is 0.238. The molecule has 3 aliphatic rings. The minimum Gasteiger partial charge on any atom is -0.348 e. The van der Waals surface area contributed by atoms with Gasteiger partial charge in [-0.2, -0.15) is 5.26 Å². The van der Waals surface area contributed by atoms with Gasteiger partial charge in [-0.15, -0.1) is 0 Å². The zero-order valence-corrected chi connectivity index (χ0v) is 17.9. The molecular formula is C21H14BrFN4O2S. The van der Waals surface area contributed by atoms with Crippen LogP contribution in [0.5, 0.6) is 0 Å². The highest BCUT2D eigenvalue weighted by Gasteiger charge is 2.60. The van der Waals surface area contributed by atoms with E-state index in [1.54, 1.807) is 23.1 Å². The fourth-order valence-corrected chi connectivity index (χ4v) is 5.24. The molecule has 0 unspecified atom stereocenters. The van der Waals surface area contributed by atoms with Crippen molar-refractivity contribution >= 4 is 56.4 Å². The van der Waals surface area contributed by atoms with Crippen LogP contribution in [0.1, 0.15) is 40.7 Å². The maximum absolute atomic E-state index is 15.1. The van der Waals surface area contributed by atoms with Gasteiger partial charge in [0.2, 0.25) is 0 Å². The lowest BCUT2D eigenvalue weighted by Crippen LogP contribution is -2.55. The first-order valence-electron chi connectivity index (χ1n) is 9.36. The summed E-state index contributed by atoms with van der Waals surface area (Å²) in [6.45, 7) is 0.283. The molecule has 150 valence electrons. The molecule has 1 saturated heterocycles. The maximum atomic E-state index is 15.1. The molecule has 30 heavy (non-hydrogen) atoms. The predicted octanol–water partition coefficient (Wildman–Crippen LogP) is 3.76. The van der Waals surface area contributed by atoms with Gasteiger partial charge in [-0.25, -0.2) is 4.39 Å². The number of fused-ring (bicyclic) bond motifs is 1. The lowest BCUT2D eigenvalue weighted by atomic mass is 9.75. The molecule has 2 aromatic rings. The van der Waals surface area contributed by atoms with E-state index in [0.29, 0.717) is 39.7 Å². The highest BCUT2D eigenvalue weighted by atomic mass is 79.9. The molecule has 1 N–H and O–H groups in total. The summed E-state index contributed by atoms with van der Waals surface area (Å²) in [5.74, 6) is -1.01. The summed E-state index contributed by atoms with van der Waals surface area (Å²) < 4.78 is 15.6. The Morgan fingerprint density at radius 3 is 2.63 bits per heavy atom. The van der Waals surface area contributed by atoms with Crippen LogP contribution in [0.2, 0.25) is 0 Å². The standard InChI is InChI=1S/C21H14BrFN4O2S/c22-15-7-13(3-2-11(15)9-24)26-19(29)21(4-1-5-21)27(20(26)30)17-8-14-12(6-16(17)23)10-25-18(14)28/h2-3,6-8H,1,4-5,10H2,(H,25,28). The predicted molar refractivity (Wildman–Crippen MR) is 116 cm³/mol. The van der Waals surface area contributed by atoms with Crippen LogP contribution in [0.25, 0.3) is 0 Å². The van der Waals surface area contributed by atoms with E-state index in [2.05, 4.69) is 27.3 Å². The van der Waals surface area contributed by atoms with E-state index in [1.165, 1.54) is 17.0 Å². The summed E-state index contributed by atoms with van der Waals surface area (Å²) in [6, 6.07) is 9.80. The zero-order valence-electron chi connectivity index (χ0n) is 15.5. The third-order valence-electron chi connectivity index (χ3n) is 6.02. The lowest BCUT2D eigenvalue weighted by molar-refractivity contribution is -0.123. The molecule has 0 atom stereocenters. The second-order valence-electron chi connectivity index (χ2n) is 7.56. The molecule has 2 aliphatic heterocycles. The Bertz CT molecular complexity index is 1200. The summed E-state index contributed by atoms with van der Waals surface area (Å²) in [7, 11) is 0. The third kappa shape index (κ3) is 2.47. The minimum absolute atomic E-state index is 0.138. The normalized spacial score (nSPS) is 19.0. The van der Waals surface area contributed by atoms with Crippen LogP contribution >= 0.6 is 28.1 Å². The molecule has 2 heterocycles. The van der Waals surface area contributed by atoms with Crippen molar-refractivity contribution in [2.45, 2.75) is 31.3 Å². The summed E-state index contributed by atoms with van der Waals surface area (Å²) in [4.78, 5) is 28.6. The van der Waals surface area contributed by atoms with Crippen LogP contribution in [0.3, 0.4) is 0 Å². The highest BCUT2D eigenvalue weighted by Crippen LogP contribution is 2.49. The number of anilines is 2. The van der Waals surface area contributed by atoms with Crippen molar-refractivity contribution in [2.24, 2.45) is 0 Å². The molecule has 9 heteroatoms. The number of carbonyl (C=O) groups is 2. The Hall–Kier alpha value is -2.83. The number of nitrogens with zero attached hydrogens (tertiary/aromatic N) is 3. The van der Waals surface area contributed by atoms with E-state index >= 15 is 4.39 Å². The van der Waals surface area contributed by atoms with Crippen molar-refractivity contribution in [1.82, 2.24) is 5.32 Å². The van der Waals surface area contributed by atoms with Gasteiger partial charge in [0.15, 0.2) is 5.11 Å². The van der Waals surface area contributed by atoms with E-state index < -0.39 is 11.4 Å². The van der Waals surface area contributed by atoms with Crippen molar-refractivity contribution in [3.63, 3.8) is 0 Å². The number of hydrogen-bond donors (Lipinski definition) is 1. The second-order valence-corrected chi connectivity index (χ2v) is 8.78. The summed E-state index contributed by atoms with van der Waals surface area (Å²) in [5, 5.41) is 12.0. The lowest BCUT2D eigenvalue weighted by Gasteiger charge is -2.43. The highest BCUT2D eigenvalue weighted by molar-refractivity contribution is 9.10. The average Bonchev–Trinajstić information content (AvgIpc) is 3.15. The molecule has 5 rings (SSSR count). The number of nitriles is 1. The van der Waals surface area contributed by atoms with Crippen molar-refractivity contribution in [2.75, 3.05) is 9.80 Å². The molecule has 1 saturated carbocycles. The minimum atomic E-state index is -0.957. The number of rotatable bonds is 2. The Morgan fingerprint density at radius 1 is 1.23 bits per heavy atom. The number of halogens is 2. The van der Waals surface area contributed by atoms with Crippen molar-refractivity contribution < 1.29 is 14.0 Å². The van der Waals surface area contributed by atoms with Gasteiger partial charge < -0.3 is 10.2 Å². The third-order valence-corrected chi connectivity index (χ3v) is 7.04. The summed E-state index contributed by atoms with van der Waals surface area (Å²) in [5.41, 5.74) is 1.11. The van der Waals surface area contributed by atoms with Crippen LogP contribution in [0, 0.1) is 17.1 Å². The van der Waals surface area contributed by atoms with Gasteiger partial charge in [0, 0.05) is 16.6 Å². The number of carbonyl (C=O) groups excluding carboxylic acids is 2. The van der Waals surface area contributed by atoms with Gasteiger partial charge in [0.05, 0.1) is 16.9 Å². The molecule has 0 radical (unpaired) electrons. The van der Waals surface area contributed by atoms with E-state index in [1.807, 2.05) is 0 Å². The molecule has 2 aromatic carbocycles. The van der Waals surface area contributed by atoms with Gasteiger partial charge in [-0.3, -0.25) is 14.5 Å². The maximum Gasteiger partial charge on any atom is 0.259 e. The van der Waals surface area contributed by atoms with Gasteiger partial charge >= 0.3 is 0 Å². The van der Waals surface area contributed by atoms with Gasteiger partial charge in [-0.1, -0.05) is 0 Å². The number of thiocarbonyl (C=S) groups is 1. The first-order chi connectivity index (χ1) is 14.4. The molecule has 0 bridgehead atoms. The van der Waals surface area contributed by atoms with Crippen LogP contribution in [-0.4, -0.2) is 22.5 Å². The van der Waals surface area contributed by atoms with Crippen LogP contribution in [0.4, 0.5) is 15.8 Å². The van der Waals surface area contributed by atoms with E-state index in [9.17, 15) is 9.59 Å². The Labute approximate surface area is 185 Å². The van der Waals surface area contributed by atoms with E-state index in [0.717, 1.165) is 6.42 Å². The monoisotopic (exact) mass is 484 g/mol. The second kappa shape index (κ2) is 6.59. The van der Waals surface area contributed by atoms with Crippen LogP contribution in [-0.2, 0) is 11.3 Å². The van der Waals surface area contributed by atoms with Crippen molar-refractivity contribution in [1.29, 1.82) is 5.26 Å². The topological polar surface area (TPSA) is 76.4 Å². The largest absolute Gasteiger partial charge is 0.348 e. The van der Waals surface area contributed by atoms with Crippen molar-refractivity contribution in [3.05, 3.63) is 57.3 Å². The molecule has 2 amide bonds. The molecule has 1 aliphatic carbocycles. The first-order valence-corrected chi connectivity index (χ1v) is 10.6. The Morgan fingerprint density at radius 2 is 2.00 bits per heavy atom. The van der Waals surface area contributed by atoms with Crippen LogP contribution in [0.15, 0.2) is 34.8 Å². The molecule has 0 aromatic heterocycles. The Kier molecular flexibility index (Phi) is 4.21. The number of benzene rings is 2. The van der Waals surface area contributed by atoms with Gasteiger partial charge in [0.1, 0.15) is 17.4 Å². The molecule has 2 fully saturated rings. The zero-order chi connectivity index (χ0) is 21.2. The SMILES string of the molecule is N#Cc1ccc(N2C(=O)C3(CCC3)N(c3cc4c(cc3F)CNC4=O)C2=S)cc1Br. The Balaban J connectivity index is 1.64. The number of hydrogen-bond acceptors (Lipinski definition) is 4. The smallest absolute Gasteiger partial charge is 0.259 e. The summed E-state index contributed by atoms with van der Waals surface area (Å²) >= 11 is 9.00. The first kappa shape index (κ1) is 19.2. The van der Waals surface area contributed by atoms with E-state index in [4.69, 9.17) is 17.5 Å². The molecule has 6 nitrogen and oxygen atoms in total. The average molecular weight is 485 g/mol. The van der Waals surface area contributed by atoms with Gasteiger partial charge in [0.25, 0.3) is 11.8 Å². The quantitative estimate of drug-likeness (QED) is 0.656. The number of amides is 2. The van der Waals surface area contributed by atoms with Gasteiger partial charge in [-0.05, 0) is 83.3 Å². The van der Waals surface area contributed by atoms with Crippen LogP contribution < -0.4 is 15.1 Å².